The van der Waals surface area contributed by atoms with Crippen LogP contribution in [-0.4, -0.2) is 66.1 Å². The number of pyridine rings is 1. The first kappa shape index (κ1) is 20.5. The summed E-state index contributed by atoms with van der Waals surface area (Å²) in [6.45, 7) is 9.69. The summed E-state index contributed by atoms with van der Waals surface area (Å²) >= 11 is 1.68. The van der Waals surface area contributed by atoms with E-state index in [-0.39, 0.29) is 11.7 Å². The molecule has 170 valence electrons. The molecule has 0 unspecified atom stereocenters. The first-order valence-corrected chi connectivity index (χ1v) is 12.3. The van der Waals surface area contributed by atoms with E-state index in [1.165, 1.54) is 11.1 Å². The Morgan fingerprint density at radius 1 is 1.19 bits per heavy atom. The van der Waals surface area contributed by atoms with Crippen molar-refractivity contribution in [3.05, 3.63) is 17.5 Å². The number of hydrogen-bond donors (Lipinski definition) is 1. The molecule has 1 N–H and O–H groups in total. The quantitative estimate of drug-likeness (QED) is 0.640. The van der Waals surface area contributed by atoms with Gasteiger partial charge in [0.25, 0.3) is 0 Å². The average molecular weight is 456 g/mol. The molecule has 3 aromatic rings. The van der Waals surface area contributed by atoms with Gasteiger partial charge in [-0.2, -0.15) is 0 Å². The van der Waals surface area contributed by atoms with E-state index < -0.39 is 0 Å². The molecular formula is C23H29N5O3S. The van der Waals surface area contributed by atoms with Crippen LogP contribution in [0.3, 0.4) is 0 Å². The lowest BCUT2D eigenvalue weighted by Crippen LogP contribution is -2.39. The maximum absolute atomic E-state index is 6.23. The highest BCUT2D eigenvalue weighted by molar-refractivity contribution is 7.26. The normalized spacial score (nSPS) is 23.1. The molecule has 2 fully saturated rings. The Kier molecular flexibility index (Phi) is 5.17. The average Bonchev–Trinajstić information content (AvgIpc) is 3.45. The zero-order valence-corrected chi connectivity index (χ0v) is 19.5. The molecule has 0 spiro atoms. The lowest BCUT2D eigenvalue weighted by Gasteiger charge is -2.36. The highest BCUT2D eigenvalue weighted by atomic mass is 32.1. The Bertz CT molecular complexity index is 1150. The van der Waals surface area contributed by atoms with E-state index in [4.69, 9.17) is 24.2 Å². The van der Waals surface area contributed by atoms with Crippen LogP contribution in [0.4, 0.5) is 11.6 Å². The molecule has 3 aromatic heterocycles. The van der Waals surface area contributed by atoms with Crippen LogP contribution >= 0.6 is 11.3 Å². The number of fused-ring (bicyclic) bond motifs is 5. The van der Waals surface area contributed by atoms with Gasteiger partial charge in [0.1, 0.15) is 22.8 Å². The minimum Gasteiger partial charge on any atom is -0.378 e. The van der Waals surface area contributed by atoms with Crippen LogP contribution in [0.15, 0.2) is 6.33 Å². The first-order valence-electron chi connectivity index (χ1n) is 11.5. The van der Waals surface area contributed by atoms with Crippen molar-refractivity contribution in [1.29, 1.82) is 0 Å². The van der Waals surface area contributed by atoms with Gasteiger partial charge in [0, 0.05) is 43.6 Å². The minimum absolute atomic E-state index is 0.217. The third-order valence-electron chi connectivity index (χ3n) is 6.64. The van der Waals surface area contributed by atoms with Crippen molar-refractivity contribution in [2.24, 2.45) is 0 Å². The van der Waals surface area contributed by atoms with Crippen molar-refractivity contribution in [3.63, 3.8) is 0 Å². The number of nitrogens with zero attached hydrogens (tertiary/aromatic N) is 4. The second kappa shape index (κ2) is 8.06. The number of ether oxygens (including phenoxy) is 3. The molecule has 0 aliphatic carbocycles. The van der Waals surface area contributed by atoms with Gasteiger partial charge in [0.05, 0.1) is 41.7 Å². The molecule has 3 aliphatic heterocycles. The van der Waals surface area contributed by atoms with Crippen molar-refractivity contribution >= 4 is 43.4 Å². The van der Waals surface area contributed by atoms with Crippen molar-refractivity contribution in [2.75, 3.05) is 49.7 Å². The molecule has 0 saturated carbocycles. The van der Waals surface area contributed by atoms with Crippen molar-refractivity contribution in [2.45, 2.75) is 51.4 Å². The third-order valence-corrected chi connectivity index (χ3v) is 7.72. The predicted molar refractivity (Wildman–Crippen MR) is 126 cm³/mol. The lowest BCUT2D eigenvalue weighted by atomic mass is 9.90. The summed E-state index contributed by atoms with van der Waals surface area (Å²) in [6.07, 6.45) is 4.99. The second-order valence-corrected chi connectivity index (χ2v) is 10.4. The van der Waals surface area contributed by atoms with Crippen LogP contribution in [0.25, 0.3) is 20.4 Å². The Morgan fingerprint density at radius 2 is 2.06 bits per heavy atom. The summed E-state index contributed by atoms with van der Waals surface area (Å²) in [5.74, 6) is 1.92. The monoisotopic (exact) mass is 455 g/mol. The lowest BCUT2D eigenvalue weighted by molar-refractivity contribution is -0.0396. The standard InChI is InChI=1S/C23H29N5O3S/c1-23(2)10-15-16(12-31-23)21(28-5-8-29-9-6-28)27-22-17(15)18-19(32-22)20(26-13-25-18)24-11-14-4-3-7-30-14/h13-14H,3-12H2,1-2H3,(H,24,25,26)/t14-/m1/s1. The van der Waals surface area contributed by atoms with Gasteiger partial charge in [-0.1, -0.05) is 0 Å². The van der Waals surface area contributed by atoms with Crippen molar-refractivity contribution in [1.82, 2.24) is 15.0 Å². The SMILES string of the molecule is CC1(C)Cc2c(c(N3CCOCC3)nc3sc4c(NC[C@H]5CCCO5)ncnc4c23)CO1. The largest absolute Gasteiger partial charge is 0.378 e. The summed E-state index contributed by atoms with van der Waals surface area (Å²) in [5, 5.41) is 4.68. The van der Waals surface area contributed by atoms with E-state index in [0.29, 0.717) is 6.61 Å². The van der Waals surface area contributed by atoms with E-state index in [9.17, 15) is 0 Å². The summed E-state index contributed by atoms with van der Waals surface area (Å²) < 4.78 is 18.7. The summed E-state index contributed by atoms with van der Waals surface area (Å²) in [7, 11) is 0. The predicted octanol–water partition coefficient (Wildman–Crippen LogP) is 3.52. The van der Waals surface area contributed by atoms with Gasteiger partial charge in [-0.25, -0.2) is 15.0 Å². The fraction of sp³-hybridized carbons (Fsp3) is 0.609. The van der Waals surface area contributed by atoms with E-state index in [1.54, 1.807) is 17.7 Å². The zero-order chi connectivity index (χ0) is 21.7. The topological polar surface area (TPSA) is 81.6 Å². The van der Waals surface area contributed by atoms with Crippen LogP contribution < -0.4 is 10.2 Å². The molecule has 8 nitrogen and oxygen atoms in total. The van der Waals surface area contributed by atoms with Gasteiger partial charge in [0.2, 0.25) is 0 Å². The molecule has 0 amide bonds. The third kappa shape index (κ3) is 3.61. The van der Waals surface area contributed by atoms with Gasteiger partial charge >= 0.3 is 0 Å². The van der Waals surface area contributed by atoms with Gasteiger partial charge < -0.3 is 24.4 Å². The molecular weight excluding hydrogens is 426 g/mol. The maximum Gasteiger partial charge on any atom is 0.147 e. The van der Waals surface area contributed by atoms with E-state index in [0.717, 1.165) is 90.8 Å². The highest BCUT2D eigenvalue weighted by Crippen LogP contribution is 2.44. The molecule has 6 heterocycles. The number of nitrogens with one attached hydrogen (secondary N) is 1. The number of thiophene rings is 1. The second-order valence-electron chi connectivity index (χ2n) is 9.42. The minimum atomic E-state index is -0.217. The summed E-state index contributed by atoms with van der Waals surface area (Å²) in [6, 6.07) is 0. The fourth-order valence-electron chi connectivity index (χ4n) is 4.97. The molecule has 2 saturated heterocycles. The number of rotatable bonds is 4. The van der Waals surface area contributed by atoms with Gasteiger partial charge in [0.15, 0.2) is 0 Å². The molecule has 3 aliphatic rings. The van der Waals surface area contributed by atoms with Crippen LogP contribution in [-0.2, 0) is 27.2 Å². The molecule has 0 radical (unpaired) electrons. The zero-order valence-electron chi connectivity index (χ0n) is 18.6. The van der Waals surface area contributed by atoms with Crippen LogP contribution in [0.2, 0.25) is 0 Å². The number of morpholine rings is 1. The Labute approximate surface area is 191 Å². The molecule has 1 atom stereocenters. The molecule has 0 bridgehead atoms. The Balaban J connectivity index is 1.49. The van der Waals surface area contributed by atoms with Crippen LogP contribution in [0.5, 0.6) is 0 Å². The van der Waals surface area contributed by atoms with Gasteiger partial charge in [-0.05, 0) is 32.3 Å². The number of hydrogen-bond acceptors (Lipinski definition) is 9. The van der Waals surface area contributed by atoms with Crippen LogP contribution in [0.1, 0.15) is 37.8 Å². The van der Waals surface area contributed by atoms with E-state index in [2.05, 4.69) is 29.0 Å². The molecule has 32 heavy (non-hydrogen) atoms. The van der Waals surface area contributed by atoms with Gasteiger partial charge in [-0.15, -0.1) is 11.3 Å². The molecule has 9 heteroatoms. The van der Waals surface area contributed by atoms with E-state index >= 15 is 0 Å². The molecule has 6 rings (SSSR count). The fourth-order valence-corrected chi connectivity index (χ4v) is 6.09. The summed E-state index contributed by atoms with van der Waals surface area (Å²) in [4.78, 5) is 17.8. The van der Waals surface area contributed by atoms with E-state index in [1.807, 2.05) is 0 Å². The number of anilines is 2. The van der Waals surface area contributed by atoms with Crippen molar-refractivity contribution in [3.8, 4) is 0 Å². The molecule has 0 aromatic carbocycles. The Hall–Kier alpha value is -2.07. The highest BCUT2D eigenvalue weighted by Gasteiger charge is 2.33. The Morgan fingerprint density at radius 3 is 2.88 bits per heavy atom. The number of aromatic nitrogens is 3. The smallest absolute Gasteiger partial charge is 0.147 e. The van der Waals surface area contributed by atoms with Crippen molar-refractivity contribution < 1.29 is 14.2 Å². The summed E-state index contributed by atoms with van der Waals surface area (Å²) in [5.41, 5.74) is 3.30. The van der Waals surface area contributed by atoms with Crippen LogP contribution in [0, 0.1) is 0 Å². The van der Waals surface area contributed by atoms with Gasteiger partial charge in [-0.3, -0.25) is 0 Å². The maximum atomic E-state index is 6.23. The first-order chi connectivity index (χ1) is 15.6.